The van der Waals surface area contributed by atoms with Crippen molar-refractivity contribution in [2.24, 2.45) is 36.1 Å². The molecule has 2 saturated heterocycles. The van der Waals surface area contributed by atoms with Crippen molar-refractivity contribution in [3.05, 3.63) is 70.2 Å². The van der Waals surface area contributed by atoms with Gasteiger partial charge in [0.05, 0.1) is 41.1 Å². The van der Waals surface area contributed by atoms with Gasteiger partial charge in [-0.1, -0.05) is 23.3 Å². The first-order valence-electron chi connectivity index (χ1n) is 15.9. The van der Waals surface area contributed by atoms with E-state index in [0.29, 0.717) is 32.8 Å². The summed E-state index contributed by atoms with van der Waals surface area (Å²) < 4.78 is 13.3. The highest BCUT2D eigenvalue weighted by Gasteiger charge is 2.69. The lowest BCUT2D eigenvalue weighted by atomic mass is 9.52. The van der Waals surface area contributed by atoms with Crippen LogP contribution in [0.15, 0.2) is 52.5 Å². The SMILES string of the molecule is COC(=O)N1C(=O)[C@H]2[C@H](CC=C3[C@H]2C[C@H]2C(=O)N(c4cc(-c5sc6ccc(Cl)cc6c5C)nn4C)C(=O)[C@@]2(C)[C@H]3c2ccc(CO)o2)C1=O. The zero-order chi connectivity index (χ0) is 34.7. The zero-order valence-corrected chi connectivity index (χ0v) is 28.5. The number of allylic oxidation sites excluding steroid dienone is 2. The highest BCUT2D eigenvalue weighted by molar-refractivity contribution is 7.22. The van der Waals surface area contributed by atoms with Crippen LogP contribution in [0.3, 0.4) is 0 Å². The van der Waals surface area contributed by atoms with E-state index in [1.165, 1.54) is 9.58 Å². The molecule has 0 spiro atoms. The predicted octanol–water partition coefficient (Wildman–Crippen LogP) is 5.35. The van der Waals surface area contributed by atoms with Gasteiger partial charge in [-0.15, -0.1) is 11.3 Å². The summed E-state index contributed by atoms with van der Waals surface area (Å²) in [4.78, 5) is 71.6. The maximum atomic E-state index is 14.8. The molecule has 3 aromatic heterocycles. The lowest BCUT2D eigenvalue weighted by molar-refractivity contribution is -0.138. The van der Waals surface area contributed by atoms with Crippen LogP contribution in [0.1, 0.15) is 42.8 Å². The summed E-state index contributed by atoms with van der Waals surface area (Å²) in [5, 5.41) is 16.2. The van der Waals surface area contributed by atoms with E-state index in [-0.39, 0.29) is 25.2 Å². The molecular formula is C35H31ClN4O8S. The van der Waals surface area contributed by atoms with Crippen molar-refractivity contribution in [2.45, 2.75) is 39.2 Å². The molecule has 6 atom stereocenters. The Morgan fingerprint density at radius 2 is 1.90 bits per heavy atom. The number of methoxy groups -OCH3 is 1. The lowest BCUT2D eigenvalue weighted by Crippen LogP contribution is -2.49. The van der Waals surface area contributed by atoms with Gasteiger partial charge < -0.3 is 14.3 Å². The van der Waals surface area contributed by atoms with E-state index in [0.717, 1.165) is 27.6 Å². The van der Waals surface area contributed by atoms with Gasteiger partial charge in [0.25, 0.3) is 0 Å². The molecule has 0 bridgehead atoms. The third kappa shape index (κ3) is 4.25. The van der Waals surface area contributed by atoms with E-state index in [4.69, 9.17) is 25.9 Å². The number of aliphatic hydroxyl groups is 1. The second-order valence-corrected chi connectivity index (χ2v) is 14.8. The molecule has 5 amide bonds. The Balaban J connectivity index is 1.24. The summed E-state index contributed by atoms with van der Waals surface area (Å²) in [6.45, 7) is 3.35. The number of furan rings is 1. The van der Waals surface area contributed by atoms with Gasteiger partial charge >= 0.3 is 6.09 Å². The van der Waals surface area contributed by atoms with Crippen molar-refractivity contribution in [2.75, 3.05) is 12.0 Å². The van der Waals surface area contributed by atoms with Gasteiger partial charge in [0, 0.05) is 22.8 Å². The number of thiophene rings is 1. The normalized spacial score (nSPS) is 27.9. The number of carbonyl (C=O) groups is 5. The third-order valence-corrected chi connectivity index (χ3v) is 12.5. The smallest absolute Gasteiger partial charge is 0.423 e. The number of aliphatic hydroxyl groups excluding tert-OH is 1. The molecule has 5 heterocycles. The second kappa shape index (κ2) is 11.0. The maximum Gasteiger partial charge on any atom is 0.423 e. The second-order valence-electron chi connectivity index (χ2n) is 13.3. The first-order valence-corrected chi connectivity index (χ1v) is 17.1. The number of hydrogen-bond acceptors (Lipinski definition) is 10. The number of carbonyl (C=O) groups excluding carboxylic acids is 5. The Hall–Kier alpha value is -4.59. The number of anilines is 1. The number of hydrogen-bond donors (Lipinski definition) is 1. The average molecular weight is 703 g/mol. The number of fused-ring (bicyclic) bond motifs is 5. The number of amides is 5. The van der Waals surface area contributed by atoms with Gasteiger partial charge in [0.1, 0.15) is 29.6 Å². The van der Waals surface area contributed by atoms with Crippen molar-refractivity contribution in [1.29, 1.82) is 0 Å². The number of benzene rings is 1. The molecule has 12 nitrogen and oxygen atoms in total. The third-order valence-electron chi connectivity index (χ3n) is 11.0. The minimum atomic E-state index is -1.35. The molecule has 49 heavy (non-hydrogen) atoms. The standard InChI is InChI=1S/C35H31ClN4O8S/c1-15-20-11-16(36)5-10-25(20)49-29(15)23-13-26(38(3)37-23)39-31(43)22-12-21-18(7-8-19-27(21)32(44)40(30(19)42)34(46)47-4)28(35(22,2)33(39)45)24-9-6-17(14-41)48-24/h5-7,9-11,13,19,21-22,27-28,41H,8,12,14H2,1-4H3/t19-,21+,22-,27-,28+,35+/m0/s1. The number of likely N-dealkylation sites (tertiary alicyclic amines) is 1. The fourth-order valence-electron chi connectivity index (χ4n) is 8.66. The van der Waals surface area contributed by atoms with Crippen molar-refractivity contribution in [3.8, 4) is 10.6 Å². The number of aromatic nitrogens is 2. The minimum absolute atomic E-state index is 0.101. The molecule has 4 aliphatic rings. The van der Waals surface area contributed by atoms with Crippen molar-refractivity contribution in [3.63, 3.8) is 0 Å². The quantitative estimate of drug-likeness (QED) is 0.219. The van der Waals surface area contributed by atoms with Gasteiger partial charge in [0.2, 0.25) is 23.6 Å². The summed E-state index contributed by atoms with van der Waals surface area (Å²) in [5.74, 6) is -5.36. The van der Waals surface area contributed by atoms with Crippen LogP contribution in [0.25, 0.3) is 20.7 Å². The molecule has 252 valence electrons. The van der Waals surface area contributed by atoms with E-state index in [1.807, 2.05) is 31.2 Å². The number of imide groups is 4. The fourth-order valence-corrected chi connectivity index (χ4v) is 9.97. The predicted molar refractivity (Wildman–Crippen MR) is 177 cm³/mol. The molecular weight excluding hydrogens is 672 g/mol. The molecule has 2 aliphatic heterocycles. The van der Waals surface area contributed by atoms with Crippen LogP contribution in [0.4, 0.5) is 10.6 Å². The number of nitrogens with zero attached hydrogens (tertiary/aromatic N) is 4. The summed E-state index contributed by atoms with van der Waals surface area (Å²) in [7, 11) is 2.78. The monoisotopic (exact) mass is 702 g/mol. The average Bonchev–Trinajstić information content (AvgIpc) is 3.87. The first kappa shape index (κ1) is 31.7. The Bertz CT molecular complexity index is 2180. The van der Waals surface area contributed by atoms with Crippen molar-refractivity contribution < 1.29 is 38.2 Å². The van der Waals surface area contributed by atoms with Crippen LogP contribution in [-0.4, -0.2) is 56.6 Å². The molecule has 0 unspecified atom stereocenters. The van der Waals surface area contributed by atoms with E-state index < -0.39 is 64.7 Å². The summed E-state index contributed by atoms with van der Waals surface area (Å²) in [6, 6.07) is 10.7. The molecule has 0 radical (unpaired) electrons. The van der Waals surface area contributed by atoms with Crippen molar-refractivity contribution >= 4 is 68.6 Å². The van der Waals surface area contributed by atoms with Crippen LogP contribution in [0.2, 0.25) is 5.02 Å². The Kier molecular flexibility index (Phi) is 7.08. The van der Waals surface area contributed by atoms with Gasteiger partial charge in [0.15, 0.2) is 0 Å². The highest BCUT2D eigenvalue weighted by Crippen LogP contribution is 2.63. The Morgan fingerprint density at radius 3 is 2.61 bits per heavy atom. The Morgan fingerprint density at radius 1 is 1.12 bits per heavy atom. The van der Waals surface area contributed by atoms with Crippen LogP contribution < -0.4 is 4.90 Å². The van der Waals surface area contributed by atoms with E-state index >= 15 is 0 Å². The topological polar surface area (TPSA) is 152 Å². The minimum Gasteiger partial charge on any atom is -0.463 e. The van der Waals surface area contributed by atoms with Gasteiger partial charge in [-0.25, -0.2) is 9.69 Å². The highest BCUT2D eigenvalue weighted by atomic mass is 35.5. The number of halogens is 1. The summed E-state index contributed by atoms with van der Waals surface area (Å²) >= 11 is 7.81. The maximum absolute atomic E-state index is 14.8. The molecule has 1 aromatic carbocycles. The van der Waals surface area contributed by atoms with Gasteiger partial charge in [-0.05, 0) is 73.9 Å². The summed E-state index contributed by atoms with van der Waals surface area (Å²) in [5.41, 5.74) is 0.922. The van der Waals surface area contributed by atoms with Crippen LogP contribution in [0.5, 0.6) is 0 Å². The Labute approximate surface area is 288 Å². The van der Waals surface area contributed by atoms with Crippen LogP contribution in [0, 0.1) is 36.0 Å². The van der Waals surface area contributed by atoms with Crippen LogP contribution >= 0.6 is 22.9 Å². The van der Waals surface area contributed by atoms with Gasteiger partial charge in [-0.3, -0.25) is 23.9 Å². The number of ether oxygens (including phenoxy) is 1. The fraction of sp³-hybridized carbons (Fsp3) is 0.371. The summed E-state index contributed by atoms with van der Waals surface area (Å²) in [6.07, 6.45) is 1.06. The zero-order valence-electron chi connectivity index (χ0n) is 26.9. The largest absolute Gasteiger partial charge is 0.463 e. The van der Waals surface area contributed by atoms with E-state index in [1.54, 1.807) is 43.5 Å². The molecule has 1 saturated carbocycles. The molecule has 14 heteroatoms. The van der Waals surface area contributed by atoms with E-state index in [9.17, 15) is 29.1 Å². The molecule has 1 N–H and O–H groups in total. The van der Waals surface area contributed by atoms with E-state index in [2.05, 4.69) is 0 Å². The lowest BCUT2D eigenvalue weighted by Gasteiger charge is -2.48. The van der Waals surface area contributed by atoms with Crippen LogP contribution in [-0.2, 0) is 37.6 Å². The first-order chi connectivity index (χ1) is 23.4. The number of rotatable bonds is 4. The number of aryl methyl sites for hydroxylation is 2. The van der Waals surface area contributed by atoms with Gasteiger partial charge in [-0.2, -0.15) is 10.00 Å². The molecule has 4 aromatic rings. The van der Waals surface area contributed by atoms with Crippen molar-refractivity contribution in [1.82, 2.24) is 14.7 Å². The molecule has 8 rings (SSSR count). The molecule has 3 fully saturated rings. The molecule has 2 aliphatic carbocycles.